The van der Waals surface area contributed by atoms with E-state index in [0.717, 1.165) is 5.56 Å². The van der Waals surface area contributed by atoms with E-state index < -0.39 is 16.9 Å². The molecule has 0 bridgehead atoms. The van der Waals surface area contributed by atoms with E-state index in [1.807, 2.05) is 30.3 Å². The lowest BCUT2D eigenvalue weighted by atomic mass is 9.94. The van der Waals surface area contributed by atoms with Crippen LogP contribution in [0, 0.1) is 10.1 Å². The summed E-state index contributed by atoms with van der Waals surface area (Å²) in [7, 11) is 1.42. The summed E-state index contributed by atoms with van der Waals surface area (Å²) in [5.41, 5.74) is 7.12. The van der Waals surface area contributed by atoms with Gasteiger partial charge in [-0.25, -0.2) is 9.79 Å². The van der Waals surface area contributed by atoms with E-state index in [-0.39, 0.29) is 47.5 Å². The predicted molar refractivity (Wildman–Crippen MR) is 117 cm³/mol. The Balaban J connectivity index is 2.07. The van der Waals surface area contributed by atoms with E-state index in [4.69, 9.17) is 19.9 Å². The second-order valence-corrected chi connectivity index (χ2v) is 6.89. The second-order valence-electron chi connectivity index (χ2n) is 6.89. The fraction of sp³-hybridized carbons (Fsp3) is 0.273. The van der Waals surface area contributed by atoms with Crippen molar-refractivity contribution in [3.05, 3.63) is 75.0 Å². The number of hydrogen-bond donors (Lipinski definition) is 2. The summed E-state index contributed by atoms with van der Waals surface area (Å²) >= 11 is 0. The highest BCUT2D eigenvalue weighted by Crippen LogP contribution is 2.42. The van der Waals surface area contributed by atoms with E-state index in [2.05, 4.69) is 10.3 Å². The Labute approximate surface area is 184 Å². The summed E-state index contributed by atoms with van der Waals surface area (Å²) in [6.45, 7) is 3.63. The molecule has 1 heterocycles. The lowest BCUT2D eigenvalue weighted by Gasteiger charge is -2.25. The van der Waals surface area contributed by atoms with Gasteiger partial charge in [-0.15, -0.1) is 0 Å². The number of hydrogen-bond acceptors (Lipinski definition) is 9. The summed E-state index contributed by atoms with van der Waals surface area (Å²) < 4.78 is 16.4. The number of methoxy groups -OCH3 is 1. The average molecular weight is 440 g/mol. The van der Waals surface area contributed by atoms with Crippen LogP contribution >= 0.6 is 0 Å². The van der Waals surface area contributed by atoms with Gasteiger partial charge in [-0.1, -0.05) is 30.3 Å². The van der Waals surface area contributed by atoms with Gasteiger partial charge >= 0.3 is 5.97 Å². The molecule has 1 atom stereocenters. The zero-order valence-electron chi connectivity index (χ0n) is 18.0. The first-order valence-electron chi connectivity index (χ1n) is 9.86. The van der Waals surface area contributed by atoms with Gasteiger partial charge in [0.25, 0.3) is 5.69 Å². The third-order valence-corrected chi connectivity index (χ3v) is 4.80. The zero-order chi connectivity index (χ0) is 23.3. The van der Waals surface area contributed by atoms with Crippen LogP contribution in [0.2, 0.25) is 0 Å². The Morgan fingerprint density at radius 3 is 2.59 bits per heavy atom. The molecule has 1 aliphatic rings. The summed E-state index contributed by atoms with van der Waals surface area (Å²) in [4.78, 5) is 28.2. The van der Waals surface area contributed by atoms with Gasteiger partial charge in [-0.05, 0) is 25.5 Å². The predicted octanol–water partition coefficient (Wildman–Crippen LogP) is 2.98. The maximum Gasteiger partial charge on any atom is 0.338 e. The molecule has 1 aliphatic heterocycles. The van der Waals surface area contributed by atoms with Crippen molar-refractivity contribution in [2.45, 2.75) is 26.5 Å². The molecule has 0 radical (unpaired) electrons. The molecule has 0 spiro atoms. The number of carbonyl (C=O) groups is 1. The Morgan fingerprint density at radius 2 is 1.97 bits per heavy atom. The molecule has 0 unspecified atom stereocenters. The third kappa shape index (κ3) is 4.80. The molecule has 168 valence electrons. The number of carbonyl (C=O) groups excluding carboxylic acids is 1. The fourth-order valence-corrected chi connectivity index (χ4v) is 3.35. The smallest absolute Gasteiger partial charge is 0.338 e. The molecule has 3 rings (SSSR count). The van der Waals surface area contributed by atoms with Crippen LogP contribution in [0.4, 0.5) is 5.69 Å². The van der Waals surface area contributed by atoms with Crippen LogP contribution in [0.3, 0.4) is 0 Å². The molecule has 0 aliphatic carbocycles. The maximum atomic E-state index is 12.6. The molecule has 32 heavy (non-hydrogen) atoms. The van der Waals surface area contributed by atoms with Crippen molar-refractivity contribution in [3.8, 4) is 11.5 Å². The van der Waals surface area contributed by atoms with Gasteiger partial charge in [0.05, 0.1) is 35.8 Å². The number of nitro groups is 1. The van der Waals surface area contributed by atoms with Crippen molar-refractivity contribution in [2.24, 2.45) is 10.7 Å². The Bertz CT molecular complexity index is 1080. The van der Waals surface area contributed by atoms with Gasteiger partial charge in [-0.3, -0.25) is 10.1 Å². The number of nitro benzene ring substituents is 1. The van der Waals surface area contributed by atoms with E-state index >= 15 is 0 Å². The Hall–Kier alpha value is -4.08. The van der Waals surface area contributed by atoms with E-state index in [9.17, 15) is 14.9 Å². The van der Waals surface area contributed by atoms with Crippen molar-refractivity contribution >= 4 is 17.6 Å². The van der Waals surface area contributed by atoms with Crippen LogP contribution < -0.4 is 20.5 Å². The van der Waals surface area contributed by atoms with Crippen molar-refractivity contribution in [1.29, 1.82) is 0 Å². The van der Waals surface area contributed by atoms with Crippen LogP contribution in [0.1, 0.15) is 31.0 Å². The van der Waals surface area contributed by atoms with Gasteiger partial charge < -0.3 is 25.3 Å². The number of allylic oxidation sites excluding steroid dienone is 1. The molecule has 3 N–H and O–H groups in total. The molecule has 0 saturated carbocycles. The average Bonchev–Trinajstić information content (AvgIpc) is 2.77. The van der Waals surface area contributed by atoms with Gasteiger partial charge in [0.2, 0.25) is 0 Å². The number of nitrogens with one attached hydrogen (secondary N) is 1. The summed E-state index contributed by atoms with van der Waals surface area (Å²) in [5, 5.41) is 14.7. The molecule has 10 nitrogen and oxygen atoms in total. The van der Waals surface area contributed by atoms with E-state index in [0.29, 0.717) is 5.70 Å². The highest BCUT2D eigenvalue weighted by atomic mass is 16.6. The van der Waals surface area contributed by atoms with Gasteiger partial charge in [0.1, 0.15) is 12.6 Å². The molecular weight excluding hydrogens is 416 g/mol. The maximum absolute atomic E-state index is 12.6. The number of rotatable bonds is 8. The highest BCUT2D eigenvalue weighted by Gasteiger charge is 2.35. The lowest BCUT2D eigenvalue weighted by molar-refractivity contribution is -0.385. The summed E-state index contributed by atoms with van der Waals surface area (Å²) in [6.07, 6.45) is 0. The normalized spacial score (nSPS) is 15.5. The van der Waals surface area contributed by atoms with Crippen LogP contribution in [0.5, 0.6) is 11.5 Å². The standard InChI is InChI=1S/C22H24N4O6/c1-4-31-21(27)19-13(2)24-22(23)25-20(19)15-10-17(30-3)18(11-16(15)26(28)29)32-12-14-8-6-5-7-9-14/h5-11,20H,4,12H2,1-3H3,(H3,23,24,25)/t20-/m1/s1. The Morgan fingerprint density at radius 1 is 1.25 bits per heavy atom. The molecular formula is C22H24N4O6. The minimum atomic E-state index is -1.05. The van der Waals surface area contributed by atoms with Crippen molar-refractivity contribution in [2.75, 3.05) is 13.7 Å². The zero-order valence-corrected chi connectivity index (χ0v) is 18.0. The quantitative estimate of drug-likeness (QED) is 0.363. The lowest BCUT2D eigenvalue weighted by Crippen LogP contribution is -2.37. The minimum Gasteiger partial charge on any atom is -0.493 e. The number of ether oxygens (including phenoxy) is 3. The minimum absolute atomic E-state index is 0.0261. The van der Waals surface area contributed by atoms with Crippen LogP contribution in [-0.2, 0) is 16.1 Å². The van der Waals surface area contributed by atoms with Crippen molar-refractivity contribution in [3.63, 3.8) is 0 Å². The monoisotopic (exact) mass is 440 g/mol. The summed E-state index contributed by atoms with van der Waals surface area (Å²) in [6, 6.07) is 11.0. The first kappa shape index (κ1) is 22.6. The molecule has 0 aromatic heterocycles. The van der Waals surface area contributed by atoms with Crippen molar-refractivity contribution < 1.29 is 23.9 Å². The summed E-state index contributed by atoms with van der Waals surface area (Å²) in [5.74, 6) is -0.166. The van der Waals surface area contributed by atoms with Crippen LogP contribution in [0.25, 0.3) is 0 Å². The molecule has 10 heteroatoms. The first-order valence-corrected chi connectivity index (χ1v) is 9.86. The number of aliphatic imine (C=N–C) groups is 1. The van der Waals surface area contributed by atoms with E-state index in [1.165, 1.54) is 19.2 Å². The second kappa shape index (κ2) is 9.82. The number of benzene rings is 2. The number of nitrogens with two attached hydrogens (primary N) is 1. The molecule has 0 amide bonds. The number of esters is 1. The third-order valence-electron chi connectivity index (χ3n) is 4.80. The first-order chi connectivity index (χ1) is 15.3. The van der Waals surface area contributed by atoms with Crippen LogP contribution in [-0.4, -0.2) is 30.6 Å². The number of guanidine groups is 1. The number of nitrogens with zero attached hydrogens (tertiary/aromatic N) is 2. The molecule has 2 aromatic carbocycles. The van der Waals surface area contributed by atoms with E-state index in [1.54, 1.807) is 13.8 Å². The SMILES string of the molecule is CCOC(=O)C1=C(C)NC(N)=N[C@@H]1c1cc(OC)c(OCc2ccccc2)cc1[N+](=O)[O-]. The molecule has 0 fully saturated rings. The highest BCUT2D eigenvalue weighted by molar-refractivity contribution is 5.95. The topological polar surface area (TPSA) is 138 Å². The van der Waals surface area contributed by atoms with Crippen LogP contribution in [0.15, 0.2) is 58.7 Å². The van der Waals surface area contributed by atoms with Gasteiger partial charge in [0.15, 0.2) is 17.5 Å². The van der Waals surface area contributed by atoms with Gasteiger partial charge in [0, 0.05) is 5.70 Å². The van der Waals surface area contributed by atoms with Gasteiger partial charge in [-0.2, -0.15) is 0 Å². The molecule has 0 saturated heterocycles. The largest absolute Gasteiger partial charge is 0.493 e. The van der Waals surface area contributed by atoms with Crippen molar-refractivity contribution in [1.82, 2.24) is 5.32 Å². The molecule has 2 aromatic rings. The fourth-order valence-electron chi connectivity index (χ4n) is 3.35. The Kier molecular flexibility index (Phi) is 6.93.